The van der Waals surface area contributed by atoms with Gasteiger partial charge in [0.1, 0.15) is 0 Å². The van der Waals surface area contributed by atoms with Gasteiger partial charge in [-0.05, 0) is 24.8 Å². The Balaban J connectivity index is 1.74. The van der Waals surface area contributed by atoms with Crippen LogP contribution in [0.2, 0.25) is 0 Å². The van der Waals surface area contributed by atoms with E-state index in [0.717, 1.165) is 5.69 Å². The van der Waals surface area contributed by atoms with Gasteiger partial charge in [-0.25, -0.2) is 21.6 Å². The highest BCUT2D eigenvalue weighted by Crippen LogP contribution is 2.21. The summed E-state index contributed by atoms with van der Waals surface area (Å²) in [6, 6.07) is 1.84. The maximum absolute atomic E-state index is 11.9. The molecule has 1 aliphatic rings. The van der Waals surface area contributed by atoms with E-state index in [4.69, 9.17) is 0 Å². The van der Waals surface area contributed by atoms with Gasteiger partial charge >= 0.3 is 0 Å². The molecule has 1 fully saturated rings. The average molecular weight is 335 g/mol. The van der Waals surface area contributed by atoms with Crippen LogP contribution in [0.1, 0.15) is 18.5 Å². The van der Waals surface area contributed by atoms with Gasteiger partial charge in [-0.2, -0.15) is 5.10 Å². The SMILES string of the molecule is Cn1nccc1CCNS(=O)(=O)CCC1CCS(=O)(=O)C1. The number of sulfone groups is 1. The molecule has 0 saturated carbocycles. The Hall–Kier alpha value is -0.930. The number of aromatic nitrogens is 2. The van der Waals surface area contributed by atoms with Crippen LogP contribution in [0.3, 0.4) is 0 Å². The molecule has 1 aromatic heterocycles. The van der Waals surface area contributed by atoms with E-state index in [2.05, 4.69) is 9.82 Å². The highest BCUT2D eigenvalue weighted by Gasteiger charge is 2.28. The monoisotopic (exact) mass is 335 g/mol. The highest BCUT2D eigenvalue weighted by atomic mass is 32.2. The zero-order valence-corrected chi connectivity index (χ0v) is 13.7. The number of hydrogen-bond donors (Lipinski definition) is 1. The Morgan fingerprint density at radius 1 is 1.48 bits per heavy atom. The fraction of sp³-hybridized carbons (Fsp3) is 0.750. The summed E-state index contributed by atoms with van der Waals surface area (Å²) >= 11 is 0. The van der Waals surface area contributed by atoms with Gasteiger partial charge in [0.25, 0.3) is 0 Å². The van der Waals surface area contributed by atoms with Crippen LogP contribution in [-0.2, 0) is 33.3 Å². The van der Waals surface area contributed by atoms with Crippen LogP contribution in [0.15, 0.2) is 12.3 Å². The van der Waals surface area contributed by atoms with Gasteiger partial charge in [0.05, 0.1) is 17.3 Å². The fourth-order valence-electron chi connectivity index (χ4n) is 2.47. The van der Waals surface area contributed by atoms with Crippen molar-refractivity contribution >= 4 is 19.9 Å². The maximum atomic E-state index is 11.9. The lowest BCUT2D eigenvalue weighted by Crippen LogP contribution is -2.29. The van der Waals surface area contributed by atoms with E-state index in [1.54, 1.807) is 10.9 Å². The molecule has 2 heterocycles. The number of nitrogens with zero attached hydrogens (tertiary/aromatic N) is 2. The molecule has 0 spiro atoms. The second kappa shape index (κ2) is 6.45. The number of aryl methyl sites for hydroxylation is 1. The van der Waals surface area contributed by atoms with Gasteiger partial charge in [0.2, 0.25) is 10.0 Å². The molecule has 1 aliphatic heterocycles. The zero-order chi connectivity index (χ0) is 15.5. The van der Waals surface area contributed by atoms with Crippen LogP contribution < -0.4 is 4.72 Å². The summed E-state index contributed by atoms with van der Waals surface area (Å²) in [7, 11) is -4.48. The van der Waals surface area contributed by atoms with Crippen LogP contribution in [-0.4, -0.2) is 50.4 Å². The number of nitrogens with one attached hydrogen (secondary N) is 1. The average Bonchev–Trinajstić information content (AvgIpc) is 2.93. The molecule has 1 unspecified atom stereocenters. The van der Waals surface area contributed by atoms with E-state index >= 15 is 0 Å². The summed E-state index contributed by atoms with van der Waals surface area (Å²) in [6.07, 6.45) is 3.23. The van der Waals surface area contributed by atoms with Crippen LogP contribution >= 0.6 is 0 Å². The predicted molar refractivity (Wildman–Crippen MR) is 80.1 cm³/mol. The Morgan fingerprint density at radius 2 is 2.24 bits per heavy atom. The second-order valence-electron chi connectivity index (χ2n) is 5.47. The topological polar surface area (TPSA) is 98.1 Å². The van der Waals surface area contributed by atoms with Crippen molar-refractivity contribution in [3.8, 4) is 0 Å². The van der Waals surface area contributed by atoms with Gasteiger partial charge in [0.15, 0.2) is 9.84 Å². The smallest absolute Gasteiger partial charge is 0.211 e. The minimum atomic E-state index is -3.35. The molecule has 0 aromatic carbocycles. The Bertz CT molecular complexity index is 679. The van der Waals surface area contributed by atoms with Gasteiger partial charge < -0.3 is 0 Å². The summed E-state index contributed by atoms with van der Waals surface area (Å²) in [5.41, 5.74) is 0.958. The number of rotatable bonds is 7. The van der Waals surface area contributed by atoms with Gasteiger partial charge in [-0.15, -0.1) is 0 Å². The molecule has 1 atom stereocenters. The number of hydrogen-bond acceptors (Lipinski definition) is 5. The van der Waals surface area contributed by atoms with Gasteiger partial charge in [-0.1, -0.05) is 0 Å². The lowest BCUT2D eigenvalue weighted by Gasteiger charge is -2.09. The summed E-state index contributed by atoms with van der Waals surface area (Å²) in [5, 5.41) is 4.02. The summed E-state index contributed by atoms with van der Waals surface area (Å²) in [5.74, 6) is 0.269. The Kier molecular flexibility index (Phi) is 5.05. The first-order valence-corrected chi connectivity index (χ1v) is 10.4. The van der Waals surface area contributed by atoms with E-state index in [0.29, 0.717) is 25.8 Å². The van der Waals surface area contributed by atoms with E-state index in [9.17, 15) is 16.8 Å². The first-order chi connectivity index (χ1) is 9.77. The Labute approximate surface area is 125 Å². The van der Waals surface area contributed by atoms with Crippen LogP contribution in [0.25, 0.3) is 0 Å². The van der Waals surface area contributed by atoms with Crippen molar-refractivity contribution in [2.45, 2.75) is 19.3 Å². The molecular weight excluding hydrogens is 314 g/mol. The summed E-state index contributed by atoms with van der Waals surface area (Å²) < 4.78 is 50.7. The molecule has 0 radical (unpaired) electrons. The van der Waals surface area contributed by atoms with E-state index in [1.165, 1.54) is 0 Å². The third-order valence-corrected chi connectivity index (χ3v) is 7.00. The largest absolute Gasteiger partial charge is 0.273 e. The van der Waals surface area contributed by atoms with Gasteiger partial charge in [-0.3, -0.25) is 4.68 Å². The number of sulfonamides is 1. The van der Waals surface area contributed by atoms with E-state index in [1.807, 2.05) is 13.1 Å². The molecule has 120 valence electrons. The van der Waals surface area contributed by atoms with E-state index < -0.39 is 19.9 Å². The zero-order valence-electron chi connectivity index (χ0n) is 12.0. The van der Waals surface area contributed by atoms with Crippen molar-refractivity contribution in [3.05, 3.63) is 18.0 Å². The molecule has 1 N–H and O–H groups in total. The molecular formula is C12H21N3O4S2. The van der Waals surface area contributed by atoms with Crippen molar-refractivity contribution in [2.24, 2.45) is 13.0 Å². The van der Waals surface area contributed by atoms with Crippen molar-refractivity contribution in [2.75, 3.05) is 23.8 Å². The lowest BCUT2D eigenvalue weighted by molar-refractivity contribution is 0.543. The van der Waals surface area contributed by atoms with Crippen molar-refractivity contribution in [3.63, 3.8) is 0 Å². The third kappa shape index (κ3) is 5.08. The predicted octanol–water partition coefficient (Wildman–Crippen LogP) is -0.293. The van der Waals surface area contributed by atoms with Crippen LogP contribution in [0.5, 0.6) is 0 Å². The van der Waals surface area contributed by atoms with Crippen LogP contribution in [0.4, 0.5) is 0 Å². The van der Waals surface area contributed by atoms with Crippen molar-refractivity contribution < 1.29 is 16.8 Å². The molecule has 7 nitrogen and oxygen atoms in total. The lowest BCUT2D eigenvalue weighted by atomic mass is 10.1. The quantitative estimate of drug-likeness (QED) is 0.738. The standard InChI is InChI=1S/C12H21N3O4S2/c1-15-12(2-6-13-15)3-7-14-21(18,19)9-5-11-4-8-20(16,17)10-11/h2,6,11,14H,3-5,7-10H2,1H3. The Morgan fingerprint density at radius 3 is 2.81 bits per heavy atom. The third-order valence-electron chi connectivity index (χ3n) is 3.75. The first kappa shape index (κ1) is 16.4. The molecule has 1 aromatic rings. The first-order valence-electron chi connectivity index (χ1n) is 6.92. The molecule has 21 heavy (non-hydrogen) atoms. The molecule has 0 bridgehead atoms. The fourth-order valence-corrected chi connectivity index (χ4v) is 5.59. The van der Waals surface area contributed by atoms with Gasteiger partial charge in [0, 0.05) is 31.9 Å². The molecule has 2 rings (SSSR count). The summed E-state index contributed by atoms with van der Waals surface area (Å²) in [6.45, 7) is 0.324. The molecule has 9 heteroatoms. The highest BCUT2D eigenvalue weighted by molar-refractivity contribution is 7.91. The normalized spacial score (nSPS) is 21.7. The second-order valence-corrected chi connectivity index (χ2v) is 9.62. The molecule has 0 amide bonds. The maximum Gasteiger partial charge on any atom is 0.211 e. The van der Waals surface area contributed by atoms with Crippen LogP contribution in [0, 0.1) is 5.92 Å². The molecule has 1 saturated heterocycles. The van der Waals surface area contributed by atoms with E-state index in [-0.39, 0.29) is 23.2 Å². The minimum absolute atomic E-state index is 0.0153. The summed E-state index contributed by atoms with van der Waals surface area (Å²) in [4.78, 5) is 0. The van der Waals surface area contributed by atoms with Crippen molar-refractivity contribution in [1.82, 2.24) is 14.5 Å². The van der Waals surface area contributed by atoms with Crippen molar-refractivity contribution in [1.29, 1.82) is 0 Å². The minimum Gasteiger partial charge on any atom is -0.273 e. The molecule has 0 aliphatic carbocycles.